The normalized spacial score (nSPS) is 11.5. The van der Waals surface area contributed by atoms with E-state index in [2.05, 4.69) is 20.7 Å². The molecule has 106 valence electrons. The van der Waals surface area contributed by atoms with Gasteiger partial charge in [0.1, 0.15) is 5.82 Å². The van der Waals surface area contributed by atoms with E-state index in [1.807, 2.05) is 0 Å². The van der Waals surface area contributed by atoms with Crippen molar-refractivity contribution in [2.75, 3.05) is 0 Å². The highest BCUT2D eigenvalue weighted by molar-refractivity contribution is 9.08. The molecule has 0 radical (unpaired) electrons. The maximum atomic E-state index is 12.8. The fraction of sp³-hybridized carbons (Fsp3) is 0.143. The summed E-state index contributed by atoms with van der Waals surface area (Å²) in [5.41, 5.74) is 1.70. The van der Waals surface area contributed by atoms with Crippen LogP contribution in [0.25, 0.3) is 0 Å². The number of sulfonamides is 1. The molecule has 0 saturated carbocycles. The molecule has 1 N–H and O–H groups in total. The zero-order valence-corrected chi connectivity index (χ0v) is 12.9. The van der Waals surface area contributed by atoms with Crippen molar-refractivity contribution >= 4 is 26.0 Å². The Hall–Kier alpha value is -1.24. The van der Waals surface area contributed by atoms with E-state index in [1.165, 1.54) is 12.1 Å². The van der Waals surface area contributed by atoms with Crippen LogP contribution in [0, 0.1) is 5.82 Å². The van der Waals surface area contributed by atoms with Crippen molar-refractivity contribution in [3.05, 3.63) is 65.5 Å². The molecule has 0 heterocycles. The summed E-state index contributed by atoms with van der Waals surface area (Å²) >= 11 is 3.30. The van der Waals surface area contributed by atoms with Gasteiger partial charge in [-0.25, -0.2) is 17.5 Å². The Bertz CT molecular complexity index is 669. The molecule has 0 saturated heterocycles. The second kappa shape index (κ2) is 6.47. The van der Waals surface area contributed by atoms with E-state index in [0.29, 0.717) is 10.9 Å². The topological polar surface area (TPSA) is 46.2 Å². The molecular weight excluding hydrogens is 345 g/mol. The first-order chi connectivity index (χ1) is 9.51. The number of halogens is 2. The summed E-state index contributed by atoms with van der Waals surface area (Å²) in [6, 6.07) is 12.3. The molecular formula is C14H13BrFNO2S. The first-order valence-corrected chi connectivity index (χ1v) is 8.51. The molecule has 2 aromatic carbocycles. The zero-order chi connectivity index (χ0) is 14.6. The summed E-state index contributed by atoms with van der Waals surface area (Å²) in [4.78, 5) is 0.212. The van der Waals surface area contributed by atoms with Gasteiger partial charge in [-0.2, -0.15) is 0 Å². The molecule has 2 rings (SSSR count). The zero-order valence-electron chi connectivity index (χ0n) is 10.5. The van der Waals surface area contributed by atoms with Crippen molar-refractivity contribution in [3.63, 3.8) is 0 Å². The van der Waals surface area contributed by atoms with Crippen LogP contribution in [0.15, 0.2) is 53.4 Å². The van der Waals surface area contributed by atoms with Gasteiger partial charge in [-0.3, -0.25) is 0 Å². The highest BCUT2D eigenvalue weighted by Gasteiger charge is 2.13. The third-order valence-corrected chi connectivity index (χ3v) is 4.83. The first kappa shape index (κ1) is 15.2. The summed E-state index contributed by atoms with van der Waals surface area (Å²) in [6.07, 6.45) is 0. The number of benzene rings is 2. The standard InChI is InChI=1S/C14H13BrFNO2S/c15-9-11-3-7-14(8-4-11)20(18,19)17-10-12-1-5-13(16)6-2-12/h1-8,17H,9-10H2. The van der Waals surface area contributed by atoms with E-state index in [1.54, 1.807) is 36.4 Å². The van der Waals surface area contributed by atoms with E-state index in [0.717, 1.165) is 5.56 Å². The largest absolute Gasteiger partial charge is 0.240 e. The molecule has 0 aliphatic carbocycles. The summed E-state index contributed by atoms with van der Waals surface area (Å²) in [5.74, 6) is -0.345. The molecule has 6 heteroatoms. The molecule has 0 fully saturated rings. The predicted molar refractivity (Wildman–Crippen MR) is 79.5 cm³/mol. The Labute approximate surface area is 126 Å². The van der Waals surface area contributed by atoms with Crippen LogP contribution in [0.5, 0.6) is 0 Å². The Morgan fingerprint density at radius 3 is 2.05 bits per heavy atom. The molecule has 0 spiro atoms. The molecule has 0 aliphatic heterocycles. The lowest BCUT2D eigenvalue weighted by Crippen LogP contribution is -2.23. The third-order valence-electron chi connectivity index (χ3n) is 2.77. The summed E-state index contributed by atoms with van der Waals surface area (Å²) in [6.45, 7) is 0.128. The van der Waals surface area contributed by atoms with Crippen molar-refractivity contribution in [3.8, 4) is 0 Å². The predicted octanol–water partition coefficient (Wildman–Crippen LogP) is 3.20. The van der Waals surface area contributed by atoms with E-state index in [4.69, 9.17) is 0 Å². The van der Waals surface area contributed by atoms with Crippen LogP contribution in [-0.2, 0) is 21.9 Å². The third kappa shape index (κ3) is 3.88. The van der Waals surface area contributed by atoms with E-state index >= 15 is 0 Å². The SMILES string of the molecule is O=S(=O)(NCc1ccc(F)cc1)c1ccc(CBr)cc1. The van der Waals surface area contributed by atoms with Crippen molar-refractivity contribution in [1.29, 1.82) is 0 Å². The Kier molecular flexibility index (Phi) is 4.91. The fourth-order valence-corrected chi connectivity index (χ4v) is 3.01. The minimum atomic E-state index is -3.55. The number of hydrogen-bond acceptors (Lipinski definition) is 2. The number of nitrogens with one attached hydrogen (secondary N) is 1. The van der Waals surface area contributed by atoms with Gasteiger partial charge in [0, 0.05) is 11.9 Å². The van der Waals surface area contributed by atoms with E-state index in [9.17, 15) is 12.8 Å². The second-order valence-electron chi connectivity index (χ2n) is 4.23. The van der Waals surface area contributed by atoms with Gasteiger partial charge >= 0.3 is 0 Å². The van der Waals surface area contributed by atoms with Crippen molar-refractivity contribution in [1.82, 2.24) is 4.72 Å². The van der Waals surface area contributed by atoms with Crippen LogP contribution in [-0.4, -0.2) is 8.42 Å². The van der Waals surface area contributed by atoms with Crippen LogP contribution in [0.1, 0.15) is 11.1 Å². The van der Waals surface area contributed by atoms with E-state index in [-0.39, 0.29) is 17.3 Å². The van der Waals surface area contributed by atoms with Gasteiger partial charge in [-0.15, -0.1) is 0 Å². The van der Waals surface area contributed by atoms with Gasteiger partial charge in [0.2, 0.25) is 10.0 Å². The highest BCUT2D eigenvalue weighted by atomic mass is 79.9. The smallest absolute Gasteiger partial charge is 0.207 e. The average molecular weight is 358 g/mol. The van der Waals surface area contributed by atoms with Gasteiger partial charge in [-0.05, 0) is 35.4 Å². The molecule has 3 nitrogen and oxygen atoms in total. The Balaban J connectivity index is 2.08. The van der Waals surface area contributed by atoms with Crippen LogP contribution >= 0.6 is 15.9 Å². The molecule has 0 aliphatic rings. The lowest BCUT2D eigenvalue weighted by Gasteiger charge is -2.07. The Morgan fingerprint density at radius 2 is 1.50 bits per heavy atom. The lowest BCUT2D eigenvalue weighted by molar-refractivity contribution is 0.581. The summed E-state index contributed by atoms with van der Waals surface area (Å²) in [5, 5.41) is 0.677. The molecule has 0 aromatic heterocycles. The Morgan fingerprint density at radius 1 is 0.950 bits per heavy atom. The first-order valence-electron chi connectivity index (χ1n) is 5.90. The minimum Gasteiger partial charge on any atom is -0.207 e. The van der Waals surface area contributed by atoms with Crippen LogP contribution in [0.3, 0.4) is 0 Å². The number of alkyl halides is 1. The fourth-order valence-electron chi connectivity index (χ4n) is 1.62. The molecule has 0 unspecified atom stereocenters. The second-order valence-corrected chi connectivity index (χ2v) is 6.56. The van der Waals surface area contributed by atoms with Crippen molar-refractivity contribution in [2.24, 2.45) is 0 Å². The van der Waals surface area contributed by atoms with Gasteiger partial charge in [0.25, 0.3) is 0 Å². The summed E-state index contributed by atoms with van der Waals surface area (Å²) < 4.78 is 39.4. The van der Waals surface area contributed by atoms with Gasteiger partial charge in [-0.1, -0.05) is 40.2 Å². The van der Waals surface area contributed by atoms with Gasteiger partial charge < -0.3 is 0 Å². The van der Waals surface area contributed by atoms with E-state index < -0.39 is 10.0 Å². The molecule has 0 bridgehead atoms. The molecule has 2 aromatic rings. The maximum Gasteiger partial charge on any atom is 0.240 e. The quantitative estimate of drug-likeness (QED) is 0.835. The van der Waals surface area contributed by atoms with Gasteiger partial charge in [0.15, 0.2) is 0 Å². The van der Waals surface area contributed by atoms with Gasteiger partial charge in [0.05, 0.1) is 4.90 Å². The molecule has 20 heavy (non-hydrogen) atoms. The van der Waals surface area contributed by atoms with Crippen LogP contribution in [0.4, 0.5) is 4.39 Å². The monoisotopic (exact) mass is 357 g/mol. The molecule has 0 atom stereocenters. The van der Waals surface area contributed by atoms with Crippen LogP contribution in [0.2, 0.25) is 0 Å². The number of hydrogen-bond donors (Lipinski definition) is 1. The summed E-state index contributed by atoms with van der Waals surface area (Å²) in [7, 11) is -3.55. The minimum absolute atomic E-state index is 0.128. The maximum absolute atomic E-state index is 12.8. The molecule has 0 amide bonds. The average Bonchev–Trinajstić information content (AvgIpc) is 2.47. The van der Waals surface area contributed by atoms with Crippen LogP contribution < -0.4 is 4.72 Å². The van der Waals surface area contributed by atoms with Crippen molar-refractivity contribution in [2.45, 2.75) is 16.8 Å². The van der Waals surface area contributed by atoms with Crippen molar-refractivity contribution < 1.29 is 12.8 Å². The number of rotatable bonds is 5. The highest BCUT2D eigenvalue weighted by Crippen LogP contribution is 2.13. The lowest BCUT2D eigenvalue weighted by atomic mass is 10.2.